The van der Waals surface area contributed by atoms with Crippen LogP contribution in [0.15, 0.2) is 24.3 Å². The third-order valence-corrected chi connectivity index (χ3v) is 3.38. The Hall–Kier alpha value is -1.46. The Balaban J connectivity index is 1.85. The Kier molecular flexibility index (Phi) is 4.87. The molecule has 1 unspecified atom stereocenters. The summed E-state index contributed by atoms with van der Waals surface area (Å²) in [5, 5.41) is 2.85. The Bertz CT molecular complexity index is 453. The van der Waals surface area contributed by atoms with Crippen LogP contribution < -0.4 is 11.1 Å². The first-order valence-corrected chi connectivity index (χ1v) is 6.87. The van der Waals surface area contributed by atoms with E-state index in [0.29, 0.717) is 11.4 Å². The zero-order valence-corrected chi connectivity index (χ0v) is 11.5. The largest absolute Gasteiger partial charge is 0.389 e. The number of rotatable bonds is 4. The highest BCUT2D eigenvalue weighted by molar-refractivity contribution is 7.80. The molecule has 1 aromatic carbocycles. The van der Waals surface area contributed by atoms with Crippen molar-refractivity contribution in [1.82, 2.24) is 0 Å². The Morgan fingerprint density at radius 3 is 2.68 bits per heavy atom. The van der Waals surface area contributed by atoms with Gasteiger partial charge < -0.3 is 15.8 Å². The molecule has 1 aliphatic heterocycles. The number of carbonyl (C=O) groups is 1. The van der Waals surface area contributed by atoms with Crippen LogP contribution in [0.25, 0.3) is 0 Å². The standard InChI is InChI=1S/C14H18N2O2S/c15-14(19)10-4-6-11(7-5-10)16-13(17)9-12-3-1-2-8-18-12/h4-7,12H,1-3,8-9H2,(H2,15,19)(H,16,17). The fourth-order valence-electron chi connectivity index (χ4n) is 2.11. The van der Waals surface area contributed by atoms with Crippen LogP contribution in [0, 0.1) is 0 Å². The number of hydrogen-bond acceptors (Lipinski definition) is 3. The van der Waals surface area contributed by atoms with Gasteiger partial charge in [0.05, 0.1) is 12.5 Å². The van der Waals surface area contributed by atoms with Gasteiger partial charge in [0.2, 0.25) is 5.91 Å². The SMILES string of the molecule is NC(=S)c1ccc(NC(=O)CC2CCCCO2)cc1. The summed E-state index contributed by atoms with van der Waals surface area (Å²) in [6.07, 6.45) is 3.67. The van der Waals surface area contributed by atoms with Crippen molar-refractivity contribution in [2.45, 2.75) is 31.8 Å². The summed E-state index contributed by atoms with van der Waals surface area (Å²) in [5.74, 6) is -0.0185. The van der Waals surface area contributed by atoms with Crippen LogP contribution in [0.4, 0.5) is 5.69 Å². The minimum Gasteiger partial charge on any atom is -0.389 e. The van der Waals surface area contributed by atoms with Crippen LogP contribution in [0.1, 0.15) is 31.2 Å². The number of anilines is 1. The smallest absolute Gasteiger partial charge is 0.226 e. The molecule has 4 nitrogen and oxygen atoms in total. The van der Waals surface area contributed by atoms with Gasteiger partial charge in [-0.15, -0.1) is 0 Å². The molecule has 0 aromatic heterocycles. The van der Waals surface area contributed by atoms with E-state index < -0.39 is 0 Å². The van der Waals surface area contributed by atoms with Crippen molar-refractivity contribution in [2.24, 2.45) is 5.73 Å². The molecule has 0 bridgehead atoms. The van der Waals surface area contributed by atoms with E-state index in [4.69, 9.17) is 22.7 Å². The topological polar surface area (TPSA) is 64.3 Å². The number of amides is 1. The molecule has 0 aliphatic carbocycles. The summed E-state index contributed by atoms with van der Waals surface area (Å²) >= 11 is 4.88. The lowest BCUT2D eigenvalue weighted by Crippen LogP contribution is -2.25. The molecule has 0 spiro atoms. The Morgan fingerprint density at radius 1 is 1.37 bits per heavy atom. The molecule has 0 radical (unpaired) electrons. The summed E-state index contributed by atoms with van der Waals surface area (Å²) in [6, 6.07) is 7.20. The molecular formula is C14H18N2O2S. The molecule has 1 fully saturated rings. The van der Waals surface area contributed by atoms with Crippen molar-refractivity contribution in [2.75, 3.05) is 11.9 Å². The van der Waals surface area contributed by atoms with E-state index in [0.717, 1.165) is 37.1 Å². The zero-order valence-electron chi connectivity index (χ0n) is 10.7. The quantitative estimate of drug-likeness (QED) is 0.829. The van der Waals surface area contributed by atoms with Crippen molar-refractivity contribution >= 4 is 28.8 Å². The van der Waals surface area contributed by atoms with Gasteiger partial charge in [0.1, 0.15) is 4.99 Å². The number of carbonyl (C=O) groups excluding carboxylic acids is 1. The highest BCUT2D eigenvalue weighted by Crippen LogP contribution is 2.17. The van der Waals surface area contributed by atoms with Gasteiger partial charge in [-0.05, 0) is 43.5 Å². The molecule has 1 atom stereocenters. The summed E-state index contributed by atoms with van der Waals surface area (Å²) in [7, 11) is 0. The van der Waals surface area contributed by atoms with Crippen molar-refractivity contribution in [3.8, 4) is 0 Å². The molecule has 1 heterocycles. The first-order chi connectivity index (χ1) is 9.15. The second-order valence-corrected chi connectivity index (χ2v) is 5.12. The minimum atomic E-state index is -0.0185. The first-order valence-electron chi connectivity index (χ1n) is 6.46. The van der Waals surface area contributed by atoms with E-state index in [2.05, 4.69) is 5.32 Å². The normalized spacial score (nSPS) is 18.8. The fraction of sp³-hybridized carbons (Fsp3) is 0.429. The molecule has 1 saturated heterocycles. The van der Waals surface area contributed by atoms with Gasteiger partial charge in [0.15, 0.2) is 0 Å². The molecule has 1 aliphatic rings. The summed E-state index contributed by atoms with van der Waals surface area (Å²) < 4.78 is 5.54. The lowest BCUT2D eigenvalue weighted by molar-refractivity contribution is -0.119. The number of ether oxygens (including phenoxy) is 1. The van der Waals surface area contributed by atoms with Gasteiger partial charge in [0, 0.05) is 17.9 Å². The lowest BCUT2D eigenvalue weighted by Gasteiger charge is -2.21. The lowest BCUT2D eigenvalue weighted by atomic mass is 10.1. The van der Waals surface area contributed by atoms with Crippen molar-refractivity contribution in [3.63, 3.8) is 0 Å². The van der Waals surface area contributed by atoms with E-state index in [1.165, 1.54) is 0 Å². The molecule has 2 rings (SSSR count). The van der Waals surface area contributed by atoms with E-state index in [1.807, 2.05) is 0 Å². The van der Waals surface area contributed by atoms with Crippen molar-refractivity contribution < 1.29 is 9.53 Å². The highest BCUT2D eigenvalue weighted by Gasteiger charge is 2.17. The van der Waals surface area contributed by atoms with Crippen LogP contribution >= 0.6 is 12.2 Å². The molecular weight excluding hydrogens is 260 g/mol. The first kappa shape index (κ1) is 14.0. The average Bonchev–Trinajstić information content (AvgIpc) is 2.40. The molecule has 1 amide bonds. The van der Waals surface area contributed by atoms with Crippen molar-refractivity contribution in [1.29, 1.82) is 0 Å². The maximum Gasteiger partial charge on any atom is 0.226 e. The average molecular weight is 278 g/mol. The molecule has 5 heteroatoms. The third-order valence-electron chi connectivity index (χ3n) is 3.14. The summed E-state index contributed by atoms with van der Waals surface area (Å²) in [6.45, 7) is 0.764. The maximum atomic E-state index is 11.9. The number of nitrogens with two attached hydrogens (primary N) is 1. The van der Waals surface area contributed by atoms with Crippen LogP contribution in [0.5, 0.6) is 0 Å². The van der Waals surface area contributed by atoms with E-state index in [-0.39, 0.29) is 12.0 Å². The van der Waals surface area contributed by atoms with Gasteiger partial charge in [-0.1, -0.05) is 12.2 Å². The number of hydrogen-bond donors (Lipinski definition) is 2. The molecule has 1 aromatic rings. The summed E-state index contributed by atoms with van der Waals surface area (Å²) in [4.78, 5) is 12.2. The molecule has 3 N–H and O–H groups in total. The second kappa shape index (κ2) is 6.63. The maximum absolute atomic E-state index is 11.9. The van der Waals surface area contributed by atoms with E-state index in [1.54, 1.807) is 24.3 Å². The van der Waals surface area contributed by atoms with Gasteiger partial charge in [-0.25, -0.2) is 0 Å². The summed E-state index contributed by atoms with van der Waals surface area (Å²) in [5.41, 5.74) is 7.06. The Morgan fingerprint density at radius 2 is 2.11 bits per heavy atom. The van der Waals surface area contributed by atoms with Crippen LogP contribution in [-0.2, 0) is 9.53 Å². The molecule has 0 saturated carbocycles. The second-order valence-electron chi connectivity index (χ2n) is 4.68. The van der Waals surface area contributed by atoms with Crippen LogP contribution in [0.3, 0.4) is 0 Å². The minimum absolute atomic E-state index is 0.0185. The van der Waals surface area contributed by atoms with Crippen molar-refractivity contribution in [3.05, 3.63) is 29.8 Å². The predicted molar refractivity (Wildman–Crippen MR) is 79.2 cm³/mol. The van der Waals surface area contributed by atoms with Gasteiger partial charge >= 0.3 is 0 Å². The molecule has 102 valence electrons. The number of benzene rings is 1. The van der Waals surface area contributed by atoms with Gasteiger partial charge in [0.25, 0.3) is 0 Å². The fourth-order valence-corrected chi connectivity index (χ4v) is 2.24. The third kappa shape index (κ3) is 4.29. The highest BCUT2D eigenvalue weighted by atomic mass is 32.1. The van der Waals surface area contributed by atoms with Gasteiger partial charge in [-0.3, -0.25) is 4.79 Å². The number of nitrogens with one attached hydrogen (secondary N) is 1. The molecule has 19 heavy (non-hydrogen) atoms. The predicted octanol–water partition coefficient (Wildman–Crippen LogP) is 2.22. The van der Waals surface area contributed by atoms with E-state index >= 15 is 0 Å². The zero-order chi connectivity index (χ0) is 13.7. The van der Waals surface area contributed by atoms with Crippen LogP contribution in [-0.4, -0.2) is 23.6 Å². The Labute approximate surface area is 118 Å². The van der Waals surface area contributed by atoms with Gasteiger partial charge in [-0.2, -0.15) is 0 Å². The van der Waals surface area contributed by atoms with E-state index in [9.17, 15) is 4.79 Å². The van der Waals surface area contributed by atoms with Crippen LogP contribution in [0.2, 0.25) is 0 Å². The monoisotopic (exact) mass is 278 g/mol. The number of thiocarbonyl (C=S) groups is 1.